The van der Waals surface area contributed by atoms with Crippen LogP contribution in [0.25, 0.3) is 11.3 Å². The molecule has 0 radical (unpaired) electrons. The van der Waals surface area contributed by atoms with E-state index in [0.29, 0.717) is 22.9 Å². The second-order valence-electron chi connectivity index (χ2n) is 6.87. The van der Waals surface area contributed by atoms with E-state index in [4.69, 9.17) is 11.6 Å². The Morgan fingerprint density at radius 2 is 2.00 bits per heavy atom. The molecule has 0 aliphatic carbocycles. The number of benzene rings is 1. The van der Waals surface area contributed by atoms with Crippen LogP contribution in [0, 0.1) is 17.2 Å². The van der Waals surface area contributed by atoms with Gasteiger partial charge >= 0.3 is 0 Å². The fourth-order valence-corrected chi connectivity index (χ4v) is 4.50. The minimum Gasteiger partial charge on any atom is -0.355 e. The van der Waals surface area contributed by atoms with Gasteiger partial charge in [-0.1, -0.05) is 23.7 Å². The summed E-state index contributed by atoms with van der Waals surface area (Å²) in [6.45, 7) is 1.45. The van der Waals surface area contributed by atoms with E-state index in [2.05, 4.69) is 25.9 Å². The van der Waals surface area contributed by atoms with Crippen molar-refractivity contribution in [2.45, 2.75) is 18.8 Å². The van der Waals surface area contributed by atoms with E-state index in [1.165, 1.54) is 11.3 Å². The Balaban J connectivity index is 1.44. The molecule has 146 valence electrons. The van der Waals surface area contributed by atoms with Crippen molar-refractivity contribution in [2.24, 2.45) is 5.92 Å². The van der Waals surface area contributed by atoms with Gasteiger partial charge in [-0.05, 0) is 25.0 Å². The summed E-state index contributed by atoms with van der Waals surface area (Å²) in [5.74, 6) is -0.185. The molecule has 2 aromatic heterocycles. The Kier molecular flexibility index (Phi) is 5.84. The van der Waals surface area contributed by atoms with E-state index in [1.807, 2.05) is 17.5 Å². The highest BCUT2D eigenvalue weighted by Crippen LogP contribution is 2.32. The molecule has 1 atom stereocenters. The predicted molar refractivity (Wildman–Crippen MR) is 113 cm³/mol. The highest BCUT2D eigenvalue weighted by Gasteiger charge is 2.33. The van der Waals surface area contributed by atoms with Crippen LogP contribution in [0.2, 0.25) is 5.02 Å². The zero-order chi connectivity index (χ0) is 20.2. The second kappa shape index (κ2) is 8.68. The van der Waals surface area contributed by atoms with Gasteiger partial charge in [0.05, 0.1) is 18.0 Å². The number of nitrogens with zero attached hydrogens (tertiary/aromatic N) is 5. The summed E-state index contributed by atoms with van der Waals surface area (Å²) < 4.78 is 0. The first-order valence-corrected chi connectivity index (χ1v) is 10.6. The Morgan fingerprint density at radius 1 is 1.24 bits per heavy atom. The van der Waals surface area contributed by atoms with E-state index >= 15 is 0 Å². The predicted octanol–water partition coefficient (Wildman–Crippen LogP) is 4.35. The molecule has 0 spiro atoms. The number of hydrogen-bond acceptors (Lipinski definition) is 7. The van der Waals surface area contributed by atoms with Gasteiger partial charge in [-0.3, -0.25) is 9.78 Å². The summed E-state index contributed by atoms with van der Waals surface area (Å²) in [5, 5.41) is 12.8. The number of hydrogen-bond donors (Lipinski definition) is 0. The molecule has 8 heteroatoms. The molecule has 0 bridgehead atoms. The summed E-state index contributed by atoms with van der Waals surface area (Å²) >= 11 is 7.29. The topological polar surface area (TPSA) is 82.8 Å². The molecule has 6 nitrogen and oxygen atoms in total. The number of carbonyl (C=O) groups excluding carboxylic acids is 1. The monoisotopic (exact) mass is 423 g/mol. The average molecular weight is 424 g/mol. The fraction of sp³-hybridized carbons (Fsp3) is 0.286. The van der Waals surface area contributed by atoms with Crippen molar-refractivity contribution in [3.05, 3.63) is 58.3 Å². The standard InChI is InChI=1S/C21H18ClN5OS/c22-16-3-1-14(2-4-16)18-13-29-21(26-18)17(11-23)20(28)15-5-9-27(10-6-15)19-12-24-7-8-25-19/h1-4,7-8,12-13,15,17H,5-6,9-10H2. The number of halogens is 1. The first-order chi connectivity index (χ1) is 14.2. The van der Waals surface area contributed by atoms with E-state index in [9.17, 15) is 10.1 Å². The number of ketones is 1. The van der Waals surface area contributed by atoms with Gasteiger partial charge in [-0.15, -0.1) is 11.3 Å². The lowest BCUT2D eigenvalue weighted by Gasteiger charge is -2.32. The Hall–Kier alpha value is -2.82. The van der Waals surface area contributed by atoms with Gasteiger partial charge in [-0.25, -0.2) is 9.97 Å². The molecule has 3 aromatic rings. The van der Waals surface area contributed by atoms with E-state index in [-0.39, 0.29) is 11.7 Å². The van der Waals surface area contributed by atoms with Crippen LogP contribution in [0.15, 0.2) is 48.2 Å². The summed E-state index contributed by atoms with van der Waals surface area (Å²) in [7, 11) is 0. The third kappa shape index (κ3) is 4.29. The molecule has 3 heterocycles. The minimum absolute atomic E-state index is 0.0386. The number of thiazole rings is 1. The number of rotatable bonds is 5. The third-order valence-electron chi connectivity index (χ3n) is 5.09. The number of Topliss-reactive ketones (excluding diaryl/α,β-unsaturated/α-hetero) is 1. The molecule has 29 heavy (non-hydrogen) atoms. The number of piperidine rings is 1. The van der Waals surface area contributed by atoms with Crippen molar-refractivity contribution in [3.8, 4) is 17.3 Å². The fourth-order valence-electron chi connectivity index (χ4n) is 3.50. The highest BCUT2D eigenvalue weighted by molar-refractivity contribution is 7.10. The Labute approximate surface area is 177 Å². The van der Waals surface area contributed by atoms with Crippen molar-refractivity contribution in [3.63, 3.8) is 0 Å². The van der Waals surface area contributed by atoms with Gasteiger partial charge in [0.15, 0.2) is 11.7 Å². The zero-order valence-electron chi connectivity index (χ0n) is 15.5. The lowest BCUT2D eigenvalue weighted by atomic mass is 9.86. The zero-order valence-corrected chi connectivity index (χ0v) is 17.1. The molecule has 0 N–H and O–H groups in total. The van der Waals surface area contributed by atoms with Crippen LogP contribution in [0.5, 0.6) is 0 Å². The van der Waals surface area contributed by atoms with Crippen molar-refractivity contribution >= 4 is 34.5 Å². The first-order valence-electron chi connectivity index (χ1n) is 9.31. The van der Waals surface area contributed by atoms with Crippen molar-refractivity contribution in [1.82, 2.24) is 15.0 Å². The average Bonchev–Trinajstić information content (AvgIpc) is 3.25. The largest absolute Gasteiger partial charge is 0.355 e. The maximum absolute atomic E-state index is 13.0. The molecule has 1 fully saturated rings. The summed E-state index contributed by atoms with van der Waals surface area (Å²) in [6, 6.07) is 9.54. The Bertz CT molecular complexity index is 1020. The number of carbonyl (C=O) groups is 1. The smallest absolute Gasteiger partial charge is 0.160 e. The van der Waals surface area contributed by atoms with E-state index < -0.39 is 5.92 Å². The lowest BCUT2D eigenvalue weighted by molar-refractivity contribution is -0.123. The minimum atomic E-state index is -0.825. The van der Waals surface area contributed by atoms with Crippen molar-refractivity contribution in [2.75, 3.05) is 18.0 Å². The van der Waals surface area contributed by atoms with E-state index in [0.717, 1.165) is 30.2 Å². The van der Waals surface area contributed by atoms with Crippen LogP contribution in [-0.2, 0) is 4.79 Å². The number of aromatic nitrogens is 3. The van der Waals surface area contributed by atoms with Crippen LogP contribution >= 0.6 is 22.9 Å². The molecule has 1 saturated heterocycles. The molecular formula is C21H18ClN5OS. The Morgan fingerprint density at radius 3 is 2.66 bits per heavy atom. The molecule has 1 aliphatic heterocycles. The maximum Gasteiger partial charge on any atom is 0.160 e. The maximum atomic E-state index is 13.0. The number of anilines is 1. The molecule has 1 aromatic carbocycles. The SMILES string of the molecule is N#CC(C(=O)C1CCN(c2cnccn2)CC1)c1nc(-c2ccc(Cl)cc2)cs1. The number of nitriles is 1. The van der Waals surface area contributed by atoms with Gasteiger partial charge < -0.3 is 4.90 Å². The lowest BCUT2D eigenvalue weighted by Crippen LogP contribution is -2.38. The van der Waals surface area contributed by atoms with Crippen LogP contribution in [0.3, 0.4) is 0 Å². The summed E-state index contributed by atoms with van der Waals surface area (Å²) in [6.07, 6.45) is 6.43. The van der Waals surface area contributed by atoms with Crippen molar-refractivity contribution in [1.29, 1.82) is 5.26 Å². The summed E-state index contributed by atoms with van der Waals surface area (Å²) in [5.41, 5.74) is 1.67. The van der Waals surface area contributed by atoms with Crippen LogP contribution in [0.1, 0.15) is 23.8 Å². The first kappa shape index (κ1) is 19.5. The molecule has 4 rings (SSSR count). The van der Waals surface area contributed by atoms with Gasteiger partial charge in [0.1, 0.15) is 10.8 Å². The van der Waals surface area contributed by atoms with Gasteiger partial charge in [0.25, 0.3) is 0 Å². The summed E-state index contributed by atoms with van der Waals surface area (Å²) in [4.78, 5) is 28.1. The molecule has 1 unspecified atom stereocenters. The van der Waals surface area contributed by atoms with Crippen LogP contribution in [0.4, 0.5) is 5.82 Å². The van der Waals surface area contributed by atoms with Crippen LogP contribution in [-0.4, -0.2) is 33.8 Å². The third-order valence-corrected chi connectivity index (χ3v) is 6.25. The molecule has 0 amide bonds. The quantitative estimate of drug-likeness (QED) is 0.606. The molecular weight excluding hydrogens is 406 g/mol. The normalized spacial score (nSPS) is 15.7. The van der Waals surface area contributed by atoms with E-state index in [1.54, 1.807) is 30.7 Å². The molecule has 1 aliphatic rings. The molecule has 0 saturated carbocycles. The highest BCUT2D eigenvalue weighted by atomic mass is 35.5. The van der Waals surface area contributed by atoms with Gasteiger partial charge in [0, 0.05) is 47.4 Å². The van der Waals surface area contributed by atoms with Gasteiger partial charge in [-0.2, -0.15) is 5.26 Å². The van der Waals surface area contributed by atoms with Crippen molar-refractivity contribution < 1.29 is 4.79 Å². The van der Waals surface area contributed by atoms with Crippen LogP contribution < -0.4 is 4.90 Å². The second-order valence-corrected chi connectivity index (χ2v) is 8.19. The van der Waals surface area contributed by atoms with Gasteiger partial charge in [0.2, 0.25) is 0 Å².